The predicted octanol–water partition coefficient (Wildman–Crippen LogP) is 2.86. The fourth-order valence-electron chi connectivity index (χ4n) is 1.78. The molecule has 112 valence electrons. The van der Waals surface area contributed by atoms with Gasteiger partial charge in [-0.1, -0.05) is 30.3 Å². The van der Waals surface area contributed by atoms with Gasteiger partial charge in [-0.15, -0.1) is 0 Å². The summed E-state index contributed by atoms with van der Waals surface area (Å²) in [7, 11) is 0. The van der Waals surface area contributed by atoms with Crippen molar-refractivity contribution in [3.05, 3.63) is 35.9 Å². The fourth-order valence-corrected chi connectivity index (χ4v) is 1.78. The van der Waals surface area contributed by atoms with Crippen molar-refractivity contribution in [2.45, 2.75) is 58.2 Å². The van der Waals surface area contributed by atoms with E-state index in [1.165, 1.54) is 0 Å². The van der Waals surface area contributed by atoms with E-state index in [4.69, 9.17) is 10.5 Å². The number of hydrogen-bond acceptors (Lipinski definition) is 3. The van der Waals surface area contributed by atoms with Gasteiger partial charge in [-0.25, -0.2) is 4.79 Å². The molecule has 1 amide bonds. The van der Waals surface area contributed by atoms with Crippen LogP contribution in [0.15, 0.2) is 30.3 Å². The van der Waals surface area contributed by atoms with E-state index >= 15 is 0 Å². The summed E-state index contributed by atoms with van der Waals surface area (Å²) in [6.45, 7) is 9.32. The molecule has 4 heteroatoms. The SMILES string of the molecule is CC(C)(C)OC(=O)NC(C)(C)C(N)Cc1ccccc1. The average molecular weight is 278 g/mol. The first kappa shape index (κ1) is 16.5. The van der Waals surface area contributed by atoms with Crippen LogP contribution in [0.3, 0.4) is 0 Å². The molecular formula is C16H26N2O2. The van der Waals surface area contributed by atoms with Crippen LogP contribution in [-0.4, -0.2) is 23.3 Å². The molecule has 1 atom stereocenters. The van der Waals surface area contributed by atoms with E-state index in [1.807, 2.05) is 65.0 Å². The Morgan fingerprint density at radius 2 is 1.75 bits per heavy atom. The summed E-state index contributed by atoms with van der Waals surface area (Å²) in [4.78, 5) is 11.8. The zero-order valence-electron chi connectivity index (χ0n) is 13.1. The quantitative estimate of drug-likeness (QED) is 0.890. The fraction of sp³-hybridized carbons (Fsp3) is 0.562. The largest absolute Gasteiger partial charge is 0.444 e. The highest BCUT2D eigenvalue weighted by Gasteiger charge is 2.30. The summed E-state index contributed by atoms with van der Waals surface area (Å²) in [5.74, 6) is 0. The molecular weight excluding hydrogens is 252 g/mol. The standard InChI is InChI=1S/C16H26N2O2/c1-15(2,3)20-14(19)18-16(4,5)13(17)11-12-9-7-6-8-10-12/h6-10,13H,11,17H2,1-5H3,(H,18,19). The Morgan fingerprint density at radius 1 is 1.20 bits per heavy atom. The van der Waals surface area contributed by atoms with Crippen molar-refractivity contribution in [1.82, 2.24) is 5.32 Å². The topological polar surface area (TPSA) is 64.3 Å². The van der Waals surface area contributed by atoms with E-state index in [0.29, 0.717) is 6.42 Å². The van der Waals surface area contributed by atoms with Crippen LogP contribution in [0, 0.1) is 0 Å². The van der Waals surface area contributed by atoms with Gasteiger partial charge >= 0.3 is 6.09 Å². The summed E-state index contributed by atoms with van der Waals surface area (Å²) in [5.41, 5.74) is 6.32. The van der Waals surface area contributed by atoms with Crippen LogP contribution in [0.4, 0.5) is 4.79 Å². The number of nitrogens with one attached hydrogen (secondary N) is 1. The summed E-state index contributed by atoms with van der Waals surface area (Å²) < 4.78 is 5.27. The Kier molecular flexibility index (Phi) is 5.17. The van der Waals surface area contributed by atoms with E-state index < -0.39 is 17.2 Å². The number of hydrogen-bond donors (Lipinski definition) is 2. The molecule has 1 rings (SSSR count). The Morgan fingerprint density at radius 3 is 2.25 bits per heavy atom. The number of rotatable bonds is 4. The summed E-state index contributed by atoms with van der Waals surface area (Å²) >= 11 is 0. The maximum atomic E-state index is 11.8. The van der Waals surface area contributed by atoms with E-state index in [9.17, 15) is 4.79 Å². The van der Waals surface area contributed by atoms with Crippen molar-refractivity contribution in [2.24, 2.45) is 5.73 Å². The number of carbonyl (C=O) groups is 1. The third-order valence-electron chi connectivity index (χ3n) is 3.05. The highest BCUT2D eigenvalue weighted by molar-refractivity contribution is 5.68. The van der Waals surface area contributed by atoms with Gasteiger partial charge in [0.25, 0.3) is 0 Å². The number of ether oxygens (including phenoxy) is 1. The Hall–Kier alpha value is -1.55. The van der Waals surface area contributed by atoms with Crippen molar-refractivity contribution in [2.75, 3.05) is 0 Å². The lowest BCUT2D eigenvalue weighted by atomic mass is 9.90. The molecule has 0 spiro atoms. The van der Waals surface area contributed by atoms with Gasteiger partial charge in [-0.05, 0) is 46.6 Å². The van der Waals surface area contributed by atoms with Crippen LogP contribution in [0.25, 0.3) is 0 Å². The molecule has 0 aliphatic rings. The third-order valence-corrected chi connectivity index (χ3v) is 3.05. The predicted molar refractivity (Wildman–Crippen MR) is 81.6 cm³/mol. The van der Waals surface area contributed by atoms with Crippen LogP contribution in [0.1, 0.15) is 40.2 Å². The second-order valence-electron chi connectivity index (χ2n) is 6.64. The van der Waals surface area contributed by atoms with Crippen molar-refractivity contribution in [3.8, 4) is 0 Å². The molecule has 0 aliphatic carbocycles. The van der Waals surface area contributed by atoms with Crippen molar-refractivity contribution >= 4 is 6.09 Å². The van der Waals surface area contributed by atoms with E-state index in [0.717, 1.165) is 5.56 Å². The Bertz CT molecular complexity index is 436. The van der Waals surface area contributed by atoms with Crippen molar-refractivity contribution in [3.63, 3.8) is 0 Å². The first-order valence-corrected chi connectivity index (χ1v) is 6.91. The molecule has 0 fully saturated rings. The van der Waals surface area contributed by atoms with Gasteiger partial charge in [0, 0.05) is 6.04 Å². The van der Waals surface area contributed by atoms with E-state index in [-0.39, 0.29) is 6.04 Å². The molecule has 3 N–H and O–H groups in total. The van der Waals surface area contributed by atoms with Gasteiger partial charge in [0.1, 0.15) is 5.60 Å². The second-order valence-corrected chi connectivity index (χ2v) is 6.64. The van der Waals surface area contributed by atoms with Crippen LogP contribution >= 0.6 is 0 Å². The van der Waals surface area contributed by atoms with E-state index in [2.05, 4.69) is 5.32 Å². The number of alkyl carbamates (subject to hydrolysis) is 1. The Balaban J connectivity index is 2.61. The van der Waals surface area contributed by atoms with E-state index in [1.54, 1.807) is 0 Å². The highest BCUT2D eigenvalue weighted by atomic mass is 16.6. The number of benzene rings is 1. The molecule has 4 nitrogen and oxygen atoms in total. The molecule has 0 bridgehead atoms. The minimum absolute atomic E-state index is 0.197. The first-order chi connectivity index (χ1) is 9.10. The van der Waals surface area contributed by atoms with Gasteiger partial charge in [0.05, 0.1) is 5.54 Å². The zero-order chi connectivity index (χ0) is 15.4. The van der Waals surface area contributed by atoms with Crippen molar-refractivity contribution in [1.29, 1.82) is 0 Å². The average Bonchev–Trinajstić information content (AvgIpc) is 2.26. The molecule has 0 heterocycles. The minimum Gasteiger partial charge on any atom is -0.444 e. The normalized spacial score (nSPS) is 13.7. The van der Waals surface area contributed by atoms with Crippen molar-refractivity contribution < 1.29 is 9.53 Å². The second kappa shape index (κ2) is 6.27. The van der Waals surface area contributed by atoms with Gasteiger partial charge in [0.15, 0.2) is 0 Å². The Labute approximate surface area is 121 Å². The molecule has 1 unspecified atom stereocenters. The molecule has 0 aromatic heterocycles. The lowest BCUT2D eigenvalue weighted by Crippen LogP contribution is -2.57. The molecule has 0 saturated heterocycles. The molecule has 0 saturated carbocycles. The molecule has 1 aromatic carbocycles. The van der Waals surface area contributed by atoms with Crippen LogP contribution in [0.2, 0.25) is 0 Å². The van der Waals surface area contributed by atoms with Crippen LogP contribution < -0.4 is 11.1 Å². The summed E-state index contributed by atoms with van der Waals surface area (Å²) in [5, 5.41) is 2.85. The molecule has 0 aliphatic heterocycles. The number of amides is 1. The number of nitrogens with two attached hydrogens (primary N) is 1. The van der Waals surface area contributed by atoms with Crippen LogP contribution in [-0.2, 0) is 11.2 Å². The van der Waals surface area contributed by atoms with Crippen LogP contribution in [0.5, 0.6) is 0 Å². The maximum absolute atomic E-state index is 11.8. The smallest absolute Gasteiger partial charge is 0.408 e. The van der Waals surface area contributed by atoms with Gasteiger partial charge in [0.2, 0.25) is 0 Å². The number of carbonyl (C=O) groups excluding carboxylic acids is 1. The van der Waals surface area contributed by atoms with Gasteiger partial charge in [-0.3, -0.25) is 0 Å². The third kappa shape index (κ3) is 5.61. The molecule has 1 aromatic rings. The lowest BCUT2D eigenvalue weighted by molar-refractivity contribution is 0.0458. The summed E-state index contributed by atoms with van der Waals surface area (Å²) in [6.07, 6.45) is 0.259. The minimum atomic E-state index is -0.543. The lowest BCUT2D eigenvalue weighted by Gasteiger charge is -2.33. The van der Waals surface area contributed by atoms with Gasteiger partial charge < -0.3 is 15.8 Å². The van der Waals surface area contributed by atoms with Gasteiger partial charge in [-0.2, -0.15) is 0 Å². The summed E-state index contributed by atoms with van der Waals surface area (Å²) in [6, 6.07) is 9.80. The molecule has 0 radical (unpaired) electrons. The molecule has 20 heavy (non-hydrogen) atoms. The maximum Gasteiger partial charge on any atom is 0.408 e. The monoisotopic (exact) mass is 278 g/mol. The highest BCUT2D eigenvalue weighted by Crippen LogP contribution is 2.15. The zero-order valence-corrected chi connectivity index (χ0v) is 13.1. The first-order valence-electron chi connectivity index (χ1n) is 6.91.